The summed E-state index contributed by atoms with van der Waals surface area (Å²) in [5.74, 6) is 0. The topological polar surface area (TPSA) is 77.8 Å². The van der Waals surface area contributed by atoms with Crippen LogP contribution < -0.4 is 0 Å². The van der Waals surface area contributed by atoms with E-state index in [1.165, 1.54) is 0 Å². The van der Waals surface area contributed by atoms with Gasteiger partial charge in [-0.25, -0.2) is 4.57 Å². The summed E-state index contributed by atoms with van der Waals surface area (Å²) in [6, 6.07) is 0. The van der Waals surface area contributed by atoms with Crippen molar-refractivity contribution in [2.24, 2.45) is 0 Å². The van der Waals surface area contributed by atoms with Crippen LogP contribution in [0, 0.1) is 0 Å². The van der Waals surface area contributed by atoms with E-state index in [0.717, 1.165) is 0 Å². The summed E-state index contributed by atoms with van der Waals surface area (Å²) in [7, 11) is -4.64. The fraction of sp³-hybridized carbons (Fsp3) is 0. The largest absolute Gasteiger partial charge is 0.466 e. The number of hydrogen-bond donors (Lipinski definition) is 3. The van der Waals surface area contributed by atoms with Gasteiger partial charge in [0.25, 0.3) is 0 Å². The van der Waals surface area contributed by atoms with Gasteiger partial charge in [0, 0.05) is 17.1 Å². The second kappa shape index (κ2) is 8.23. The summed E-state index contributed by atoms with van der Waals surface area (Å²) >= 11 is 0. The van der Waals surface area contributed by atoms with Gasteiger partial charge in [0.05, 0.1) is 8.41 Å². The van der Waals surface area contributed by atoms with Crippen molar-refractivity contribution in [3.63, 3.8) is 0 Å². The van der Waals surface area contributed by atoms with Gasteiger partial charge in [-0.15, -0.1) is 0 Å². The average Bonchev–Trinajstić information content (AvgIpc) is 0.722. The van der Waals surface area contributed by atoms with Crippen LogP contribution >= 0.6 is 7.82 Å². The Bertz CT molecular complexity index is 62.2. The first-order valence-corrected chi connectivity index (χ1v) is 2.35. The number of rotatable bonds is 0. The van der Waals surface area contributed by atoms with Crippen LogP contribution in [0.1, 0.15) is 0 Å². The number of hydrogen-bond acceptors (Lipinski definition) is 1. The molecule has 0 radical (unpaired) electrons. The molecule has 0 heterocycles. The standard InChI is InChI=1S/Al.BH3.Fe.H3O4P.3H/c;;;1-5(2,3)4;;;/h;1H3;;(H3,1,2,3,4);;;. The van der Waals surface area contributed by atoms with E-state index < -0.39 is 7.82 Å². The summed E-state index contributed by atoms with van der Waals surface area (Å²) in [6.45, 7) is 0. The van der Waals surface area contributed by atoms with Crippen LogP contribution in [0.25, 0.3) is 0 Å². The van der Waals surface area contributed by atoms with E-state index in [4.69, 9.17) is 19.2 Å². The summed E-state index contributed by atoms with van der Waals surface area (Å²) in [5, 5.41) is 0. The second-order valence-electron chi connectivity index (χ2n) is 0.513. The average molecular weight is 198 g/mol. The van der Waals surface area contributed by atoms with E-state index in [0.29, 0.717) is 0 Å². The van der Waals surface area contributed by atoms with Gasteiger partial charge in [-0.2, -0.15) is 0 Å². The molecule has 0 aromatic heterocycles. The Morgan fingerprint density at radius 2 is 1.12 bits per heavy atom. The van der Waals surface area contributed by atoms with Crippen LogP contribution in [-0.4, -0.2) is 40.5 Å². The molecule has 0 rings (SSSR count). The Morgan fingerprint density at radius 1 is 1.12 bits per heavy atom. The zero-order chi connectivity index (χ0) is 4.50. The predicted octanol–water partition coefficient (Wildman–Crippen LogP) is -3.30. The summed E-state index contributed by atoms with van der Waals surface area (Å²) < 4.78 is 8.88. The van der Waals surface area contributed by atoms with Crippen LogP contribution in [0.15, 0.2) is 0 Å². The molecule has 8 heavy (non-hydrogen) atoms. The molecular weight excluding hydrogens is 189 g/mol. The number of phosphoric acid groups is 1. The summed E-state index contributed by atoms with van der Waals surface area (Å²) in [4.78, 5) is 21.6. The molecule has 52 valence electrons. The fourth-order valence-corrected chi connectivity index (χ4v) is 0. The van der Waals surface area contributed by atoms with Crippen molar-refractivity contribution in [1.29, 1.82) is 0 Å². The normalized spacial score (nSPS) is 7.38. The third kappa shape index (κ3) is 186. The van der Waals surface area contributed by atoms with Gasteiger partial charge >= 0.3 is 7.82 Å². The summed E-state index contributed by atoms with van der Waals surface area (Å²) in [5.41, 5.74) is 0. The molecule has 0 aromatic carbocycles. The molecule has 0 unspecified atom stereocenters. The summed E-state index contributed by atoms with van der Waals surface area (Å²) in [6.07, 6.45) is 0. The quantitative estimate of drug-likeness (QED) is 0.281. The molecule has 0 aliphatic heterocycles. The van der Waals surface area contributed by atoms with E-state index in [1.807, 2.05) is 0 Å². The van der Waals surface area contributed by atoms with E-state index in [2.05, 4.69) is 0 Å². The van der Waals surface area contributed by atoms with Crippen LogP contribution in [-0.2, 0) is 21.6 Å². The minimum absolute atomic E-state index is 0. The van der Waals surface area contributed by atoms with Crippen LogP contribution in [0.3, 0.4) is 0 Å². The minimum atomic E-state index is -4.64. The van der Waals surface area contributed by atoms with Crippen molar-refractivity contribution in [3.8, 4) is 0 Å². The fourth-order valence-electron chi connectivity index (χ4n) is 0. The molecule has 0 atom stereocenters. The van der Waals surface area contributed by atoms with Gasteiger partial charge in [-0.05, 0) is 0 Å². The van der Waals surface area contributed by atoms with E-state index in [-0.39, 0.29) is 42.8 Å². The van der Waals surface area contributed by atoms with Crippen molar-refractivity contribution in [1.82, 2.24) is 0 Å². The van der Waals surface area contributed by atoms with Crippen molar-refractivity contribution in [2.45, 2.75) is 0 Å². The van der Waals surface area contributed by atoms with Crippen LogP contribution in [0.5, 0.6) is 0 Å². The maximum absolute atomic E-state index is 8.88. The molecule has 0 aliphatic rings. The smallest absolute Gasteiger partial charge is 0.303 e. The minimum Gasteiger partial charge on any atom is -0.303 e. The van der Waals surface area contributed by atoms with Gasteiger partial charge in [0.2, 0.25) is 0 Å². The van der Waals surface area contributed by atoms with Gasteiger partial charge < -0.3 is 14.7 Å². The first-order chi connectivity index (χ1) is 2.00. The van der Waals surface area contributed by atoms with Gasteiger partial charge in [-0.1, -0.05) is 0 Å². The second-order valence-corrected chi connectivity index (χ2v) is 1.54. The molecular formula is H9AlBFeO4P. The third-order valence-electron chi connectivity index (χ3n) is 0. The molecule has 8 heteroatoms. The van der Waals surface area contributed by atoms with Crippen molar-refractivity contribution in [2.75, 3.05) is 0 Å². The maximum Gasteiger partial charge on any atom is 0.466 e. The molecule has 3 N–H and O–H groups in total. The Hall–Kier alpha value is 1.23. The molecule has 0 saturated heterocycles. The first-order valence-electron chi connectivity index (χ1n) is 0.783. The Kier molecular flexibility index (Phi) is 23.5. The zero-order valence-corrected chi connectivity index (χ0v) is 4.55. The van der Waals surface area contributed by atoms with Crippen LogP contribution in [0.2, 0.25) is 0 Å². The van der Waals surface area contributed by atoms with Crippen molar-refractivity contribution in [3.05, 3.63) is 0 Å². The Morgan fingerprint density at radius 3 is 1.12 bits per heavy atom. The van der Waals surface area contributed by atoms with E-state index >= 15 is 0 Å². The SMILES string of the molecule is B.O=P(O)(O)O.[AlH3].[Fe]. The molecule has 0 aliphatic carbocycles. The van der Waals surface area contributed by atoms with E-state index in [1.54, 1.807) is 0 Å². The molecule has 0 fully saturated rings. The zero-order valence-electron chi connectivity index (χ0n) is 2.55. The molecule has 0 amide bonds. The van der Waals surface area contributed by atoms with Crippen molar-refractivity contribution < 1.29 is 36.3 Å². The van der Waals surface area contributed by atoms with Gasteiger partial charge in [0.1, 0.15) is 0 Å². The molecule has 0 bridgehead atoms. The van der Waals surface area contributed by atoms with Crippen LogP contribution in [0.4, 0.5) is 0 Å². The maximum atomic E-state index is 8.88. The Labute approximate surface area is 70.1 Å². The van der Waals surface area contributed by atoms with Gasteiger partial charge in [-0.3, -0.25) is 0 Å². The van der Waals surface area contributed by atoms with E-state index in [9.17, 15) is 0 Å². The molecule has 4 nitrogen and oxygen atoms in total. The first kappa shape index (κ1) is 22.9. The molecule has 0 saturated carbocycles. The van der Waals surface area contributed by atoms with Crippen molar-refractivity contribution >= 4 is 33.6 Å². The molecule has 0 aromatic rings. The Balaban J connectivity index is -0.0000000267. The monoisotopic (exact) mass is 198 g/mol. The van der Waals surface area contributed by atoms with Gasteiger partial charge in [0.15, 0.2) is 17.4 Å². The molecule has 0 spiro atoms. The third-order valence-corrected chi connectivity index (χ3v) is 0. The predicted molar refractivity (Wildman–Crippen MR) is 34.1 cm³/mol.